The highest BCUT2D eigenvalue weighted by atomic mass is 16.5. The van der Waals surface area contributed by atoms with Gasteiger partial charge in [-0.15, -0.1) is 0 Å². The van der Waals surface area contributed by atoms with E-state index >= 15 is 0 Å². The molecule has 0 unspecified atom stereocenters. The van der Waals surface area contributed by atoms with Crippen molar-refractivity contribution in [2.75, 3.05) is 14.2 Å². The Balaban J connectivity index is 2.09. The first-order valence-electron chi connectivity index (χ1n) is 8.27. The van der Waals surface area contributed by atoms with Crippen LogP contribution in [0, 0.1) is 6.92 Å². The van der Waals surface area contributed by atoms with E-state index in [0.717, 1.165) is 5.56 Å². The van der Waals surface area contributed by atoms with Gasteiger partial charge in [-0.05, 0) is 12.5 Å². The van der Waals surface area contributed by atoms with Crippen LogP contribution in [0.2, 0.25) is 0 Å². The number of carbonyl (C=O) groups is 2. The summed E-state index contributed by atoms with van der Waals surface area (Å²) in [5.41, 5.74) is 6.70. The number of furan rings is 1. The first kappa shape index (κ1) is 18.3. The van der Waals surface area contributed by atoms with Gasteiger partial charge < -0.3 is 24.9 Å². The van der Waals surface area contributed by atoms with Gasteiger partial charge >= 0.3 is 0 Å². The lowest BCUT2D eigenvalue weighted by Gasteiger charge is -2.16. The zero-order chi connectivity index (χ0) is 19.7. The van der Waals surface area contributed by atoms with E-state index in [-0.39, 0.29) is 28.6 Å². The Hall–Kier alpha value is -3.48. The summed E-state index contributed by atoms with van der Waals surface area (Å²) in [5.74, 6) is -1.22. The number of nitrogens with zero attached hydrogens (tertiary/aromatic N) is 1. The van der Waals surface area contributed by atoms with Crippen molar-refractivity contribution in [3.05, 3.63) is 58.8 Å². The third kappa shape index (κ3) is 3.19. The molecule has 0 aliphatic rings. The molecule has 0 radical (unpaired) electrons. The highest BCUT2D eigenvalue weighted by molar-refractivity contribution is 6.11. The maximum Gasteiger partial charge on any atom is 0.289 e. The highest BCUT2D eigenvalue weighted by Gasteiger charge is 2.28. The zero-order valence-electron chi connectivity index (χ0n) is 15.3. The number of methoxy groups -OCH3 is 1. The molecule has 3 N–H and O–H groups in total. The van der Waals surface area contributed by atoms with Crippen LogP contribution >= 0.6 is 0 Å². The quantitative estimate of drug-likeness (QED) is 0.720. The van der Waals surface area contributed by atoms with Gasteiger partial charge in [0, 0.05) is 25.2 Å². The molecule has 0 spiro atoms. The van der Waals surface area contributed by atoms with Crippen molar-refractivity contribution in [2.45, 2.75) is 13.5 Å². The van der Waals surface area contributed by atoms with Gasteiger partial charge in [0.25, 0.3) is 11.8 Å². The number of aromatic hydroxyl groups is 1. The number of ether oxygens (including phenoxy) is 1. The second-order valence-corrected chi connectivity index (χ2v) is 6.24. The first-order valence-corrected chi connectivity index (χ1v) is 8.27. The summed E-state index contributed by atoms with van der Waals surface area (Å²) in [6.45, 7) is 2.08. The number of nitrogens with two attached hydrogens (primary N) is 1. The van der Waals surface area contributed by atoms with Crippen molar-refractivity contribution in [3.63, 3.8) is 0 Å². The minimum absolute atomic E-state index is 0.0355. The number of primary amides is 1. The SMILES string of the molecule is COc1cc(O)c(C(N)=O)c2oc(C(=O)N(C)Cc3ccccc3)c(C)c12. The van der Waals surface area contributed by atoms with Crippen LogP contribution in [0.25, 0.3) is 11.0 Å². The topological polar surface area (TPSA) is 106 Å². The molecule has 0 bridgehead atoms. The first-order chi connectivity index (χ1) is 12.8. The van der Waals surface area contributed by atoms with Gasteiger partial charge in [-0.25, -0.2) is 0 Å². The fraction of sp³-hybridized carbons (Fsp3) is 0.200. The summed E-state index contributed by atoms with van der Waals surface area (Å²) in [6, 6.07) is 10.8. The minimum atomic E-state index is -0.856. The van der Waals surface area contributed by atoms with Crippen LogP contribution in [0.5, 0.6) is 11.5 Å². The summed E-state index contributed by atoms with van der Waals surface area (Å²) in [4.78, 5) is 26.2. The molecule has 0 atom stereocenters. The number of hydrogen-bond acceptors (Lipinski definition) is 5. The number of benzene rings is 2. The smallest absolute Gasteiger partial charge is 0.289 e. The Morgan fingerprint density at radius 2 is 1.93 bits per heavy atom. The minimum Gasteiger partial charge on any atom is -0.507 e. The van der Waals surface area contributed by atoms with E-state index < -0.39 is 5.91 Å². The lowest BCUT2D eigenvalue weighted by molar-refractivity contribution is 0.0754. The molecule has 140 valence electrons. The molecule has 0 aliphatic heterocycles. The van der Waals surface area contributed by atoms with Gasteiger partial charge in [-0.2, -0.15) is 0 Å². The normalized spacial score (nSPS) is 10.8. The Morgan fingerprint density at radius 1 is 1.26 bits per heavy atom. The van der Waals surface area contributed by atoms with Gasteiger partial charge in [-0.3, -0.25) is 9.59 Å². The molecule has 0 saturated heterocycles. The summed E-state index contributed by atoms with van der Waals surface area (Å²) in [7, 11) is 3.08. The molecule has 0 fully saturated rings. The maximum absolute atomic E-state index is 12.9. The average Bonchev–Trinajstić information content (AvgIpc) is 2.97. The second kappa shape index (κ2) is 7.03. The van der Waals surface area contributed by atoms with Crippen LogP contribution in [0.1, 0.15) is 32.0 Å². The van der Waals surface area contributed by atoms with Crippen LogP contribution in [-0.2, 0) is 6.54 Å². The van der Waals surface area contributed by atoms with E-state index in [9.17, 15) is 14.7 Å². The van der Waals surface area contributed by atoms with E-state index in [0.29, 0.717) is 23.2 Å². The summed E-state index contributed by atoms with van der Waals surface area (Å²) in [5, 5.41) is 10.5. The summed E-state index contributed by atoms with van der Waals surface area (Å²) in [6.07, 6.45) is 0. The molecule has 7 heteroatoms. The van der Waals surface area contributed by atoms with Gasteiger partial charge in [-0.1, -0.05) is 30.3 Å². The summed E-state index contributed by atoms with van der Waals surface area (Å²) >= 11 is 0. The van der Waals surface area contributed by atoms with Crippen LogP contribution in [0.3, 0.4) is 0 Å². The van der Waals surface area contributed by atoms with Gasteiger partial charge in [0.15, 0.2) is 11.3 Å². The number of phenols is 1. The predicted octanol–water partition coefficient (Wildman–Crippen LogP) is 2.83. The van der Waals surface area contributed by atoms with Crippen LogP contribution in [0.4, 0.5) is 0 Å². The second-order valence-electron chi connectivity index (χ2n) is 6.24. The molecule has 1 heterocycles. The Kier molecular flexibility index (Phi) is 4.77. The molecule has 7 nitrogen and oxygen atoms in total. The van der Waals surface area contributed by atoms with Crippen LogP contribution in [0.15, 0.2) is 40.8 Å². The lowest BCUT2D eigenvalue weighted by Crippen LogP contribution is -2.26. The van der Waals surface area contributed by atoms with Crippen molar-refractivity contribution in [1.82, 2.24) is 4.90 Å². The molecule has 3 aromatic rings. The zero-order valence-corrected chi connectivity index (χ0v) is 15.3. The Morgan fingerprint density at radius 3 is 2.52 bits per heavy atom. The van der Waals surface area contributed by atoms with E-state index in [1.54, 1.807) is 14.0 Å². The van der Waals surface area contributed by atoms with Crippen molar-refractivity contribution in [2.24, 2.45) is 5.73 Å². The van der Waals surface area contributed by atoms with Crippen LogP contribution in [-0.4, -0.2) is 36.0 Å². The van der Waals surface area contributed by atoms with Crippen molar-refractivity contribution in [3.8, 4) is 11.5 Å². The maximum atomic E-state index is 12.9. The molecule has 0 saturated carbocycles. The predicted molar refractivity (Wildman–Crippen MR) is 99.9 cm³/mol. The van der Waals surface area contributed by atoms with Gasteiger partial charge in [0.1, 0.15) is 17.1 Å². The van der Waals surface area contributed by atoms with Crippen LogP contribution < -0.4 is 10.5 Å². The number of fused-ring (bicyclic) bond motifs is 1. The molecular weight excluding hydrogens is 348 g/mol. The third-order valence-electron chi connectivity index (χ3n) is 4.41. The third-order valence-corrected chi connectivity index (χ3v) is 4.41. The summed E-state index contributed by atoms with van der Waals surface area (Å²) < 4.78 is 11.0. The molecule has 2 aromatic carbocycles. The van der Waals surface area contributed by atoms with E-state index in [4.69, 9.17) is 14.9 Å². The highest BCUT2D eigenvalue weighted by Crippen LogP contribution is 2.40. The Labute approximate surface area is 155 Å². The Bertz CT molecular complexity index is 1020. The monoisotopic (exact) mass is 368 g/mol. The molecular formula is C20H20N2O5. The molecule has 3 rings (SSSR count). The van der Waals surface area contributed by atoms with E-state index in [2.05, 4.69) is 0 Å². The lowest BCUT2D eigenvalue weighted by atomic mass is 10.1. The van der Waals surface area contributed by atoms with Crippen molar-refractivity contribution in [1.29, 1.82) is 0 Å². The van der Waals surface area contributed by atoms with Crippen molar-refractivity contribution < 1.29 is 23.8 Å². The number of rotatable bonds is 5. The number of amides is 2. The fourth-order valence-corrected chi connectivity index (χ4v) is 3.08. The molecule has 2 amide bonds. The van der Waals surface area contributed by atoms with Crippen molar-refractivity contribution >= 4 is 22.8 Å². The van der Waals surface area contributed by atoms with E-state index in [1.807, 2.05) is 30.3 Å². The molecule has 0 aliphatic carbocycles. The average molecular weight is 368 g/mol. The number of carbonyl (C=O) groups excluding carboxylic acids is 2. The molecule has 27 heavy (non-hydrogen) atoms. The fourth-order valence-electron chi connectivity index (χ4n) is 3.08. The van der Waals surface area contributed by atoms with Gasteiger partial charge in [0.05, 0.1) is 12.5 Å². The standard InChI is InChI=1S/C20H20N2O5/c1-11-15-14(26-3)9-13(23)16(19(21)24)18(15)27-17(11)20(25)22(2)10-12-7-5-4-6-8-12/h4-9,23H,10H2,1-3H3,(H2,21,24). The largest absolute Gasteiger partial charge is 0.507 e. The van der Waals surface area contributed by atoms with Gasteiger partial charge in [0.2, 0.25) is 0 Å². The molecule has 1 aromatic heterocycles. The van der Waals surface area contributed by atoms with E-state index in [1.165, 1.54) is 18.1 Å². The number of hydrogen-bond donors (Lipinski definition) is 2. The number of aryl methyl sites for hydroxylation is 1.